The van der Waals surface area contributed by atoms with Crippen LogP contribution in [-0.4, -0.2) is 80.8 Å². The van der Waals surface area contributed by atoms with Gasteiger partial charge < -0.3 is 19.5 Å². The molecule has 350 valence electrons. The summed E-state index contributed by atoms with van der Waals surface area (Å²) in [5.74, 6) is 0.150. The van der Waals surface area contributed by atoms with Crippen LogP contribution in [0.3, 0.4) is 0 Å². The van der Waals surface area contributed by atoms with Gasteiger partial charge in [0.25, 0.3) is 0 Å². The van der Waals surface area contributed by atoms with Crippen LogP contribution in [0.1, 0.15) is 246 Å². The fourth-order valence-corrected chi connectivity index (χ4v) is 8.98. The molecule has 0 heterocycles. The van der Waals surface area contributed by atoms with Gasteiger partial charge in [-0.2, -0.15) is 10.6 Å². The molecule has 0 saturated heterocycles. The van der Waals surface area contributed by atoms with Gasteiger partial charge in [-0.1, -0.05) is 175 Å². The summed E-state index contributed by atoms with van der Waals surface area (Å²) in [5, 5.41) is 9.41. The number of unbranched alkanes of at least 4 members (excludes halogenated alkanes) is 24. The van der Waals surface area contributed by atoms with Crippen molar-refractivity contribution >= 4 is 16.6 Å². The van der Waals surface area contributed by atoms with E-state index >= 15 is 0 Å². The summed E-state index contributed by atoms with van der Waals surface area (Å²) >= 11 is 0. The Kier molecular flexibility index (Phi) is 44.4. The lowest BCUT2D eigenvalue weighted by Crippen LogP contribution is -2.27. The molecule has 0 spiro atoms. The van der Waals surface area contributed by atoms with Crippen LogP contribution in [0.5, 0.6) is 0 Å². The van der Waals surface area contributed by atoms with Gasteiger partial charge in [0.1, 0.15) is 0 Å². The fourth-order valence-electron chi connectivity index (χ4n) is 7.74. The van der Waals surface area contributed by atoms with Crippen molar-refractivity contribution in [3.05, 3.63) is 0 Å². The molecule has 2 atom stereocenters. The lowest BCUT2D eigenvalue weighted by Gasteiger charge is -2.38. The molecular weight excluding hydrogens is 743 g/mol. The predicted molar refractivity (Wildman–Crippen MR) is 254 cm³/mol. The molecule has 0 fully saturated rings. The van der Waals surface area contributed by atoms with Crippen LogP contribution in [0, 0.1) is 5.92 Å². The van der Waals surface area contributed by atoms with Crippen LogP contribution >= 0.6 is 10.6 Å². The van der Waals surface area contributed by atoms with Crippen molar-refractivity contribution in [3.63, 3.8) is 0 Å². The Hall–Kier alpha value is -0.380. The number of aliphatic hydroxyl groups excluding tert-OH is 1. The van der Waals surface area contributed by atoms with E-state index in [4.69, 9.17) is 17.8 Å². The third-order valence-corrected chi connectivity index (χ3v) is 13.0. The number of hydrogen-bond acceptors (Lipinski definition) is 7. The van der Waals surface area contributed by atoms with E-state index in [0.29, 0.717) is 6.61 Å². The second kappa shape index (κ2) is 44.7. The van der Waals surface area contributed by atoms with Gasteiger partial charge in [0.05, 0.1) is 19.1 Å². The third kappa shape index (κ3) is 39.7. The number of nitrogens with zero attached hydrogens (tertiary/aromatic N) is 1. The predicted octanol–water partition coefficient (Wildman–Crippen LogP) is 15.1. The Morgan fingerprint density at radius 3 is 1.41 bits per heavy atom. The van der Waals surface area contributed by atoms with Crippen molar-refractivity contribution in [2.24, 2.45) is 5.92 Å². The van der Waals surface area contributed by atoms with Gasteiger partial charge in [0, 0.05) is 32.1 Å². The van der Waals surface area contributed by atoms with Gasteiger partial charge in [-0.25, -0.2) is 0 Å². The SMILES string of the molecule is CCCCCCCCOC(CCCCCN(CCCCO)CCCCCCOC(=O)C(CCCCCC)CCCCCCCC)OS(C)(C)OCCCCCCCC. The Bertz CT molecular complexity index is 832. The minimum atomic E-state index is -1.62. The first-order valence-corrected chi connectivity index (χ1v) is 27.8. The van der Waals surface area contributed by atoms with Crippen molar-refractivity contribution in [3.8, 4) is 0 Å². The molecule has 0 amide bonds. The molecule has 0 aromatic rings. The molecule has 2 unspecified atom stereocenters. The summed E-state index contributed by atoms with van der Waals surface area (Å²) in [5.41, 5.74) is 0. The highest BCUT2D eigenvalue weighted by molar-refractivity contribution is 8.24. The summed E-state index contributed by atoms with van der Waals surface area (Å²) in [6.45, 7) is 14.7. The number of esters is 1. The molecule has 0 rings (SSSR count). The number of carbonyl (C=O) groups is 1. The minimum absolute atomic E-state index is 0.0594. The van der Waals surface area contributed by atoms with Gasteiger partial charge in [0.2, 0.25) is 0 Å². The molecule has 0 saturated carbocycles. The Labute approximate surface area is 364 Å². The van der Waals surface area contributed by atoms with Gasteiger partial charge in [0.15, 0.2) is 6.29 Å². The maximum absolute atomic E-state index is 13.0. The van der Waals surface area contributed by atoms with Crippen LogP contribution < -0.4 is 0 Å². The summed E-state index contributed by atoms with van der Waals surface area (Å²) in [6.07, 6.45) is 44.4. The molecule has 0 aromatic heterocycles. The van der Waals surface area contributed by atoms with Gasteiger partial charge in [-0.15, -0.1) is 0 Å². The van der Waals surface area contributed by atoms with Gasteiger partial charge >= 0.3 is 5.97 Å². The van der Waals surface area contributed by atoms with E-state index in [1.54, 1.807) is 0 Å². The van der Waals surface area contributed by atoms with E-state index in [1.807, 2.05) is 0 Å². The molecule has 0 aromatic carbocycles. The topological polar surface area (TPSA) is 77.5 Å². The van der Waals surface area contributed by atoms with Crippen LogP contribution in [0.4, 0.5) is 0 Å². The number of aliphatic hydroxyl groups is 1. The van der Waals surface area contributed by atoms with Crippen molar-refractivity contribution < 1.29 is 27.7 Å². The van der Waals surface area contributed by atoms with E-state index in [-0.39, 0.29) is 24.8 Å². The molecule has 8 heteroatoms. The van der Waals surface area contributed by atoms with E-state index in [1.165, 1.54) is 135 Å². The quantitative estimate of drug-likeness (QED) is 0.0371. The number of hydrogen-bond donors (Lipinski definition) is 1. The molecule has 1 N–H and O–H groups in total. The average Bonchev–Trinajstić information content (AvgIpc) is 3.21. The first-order valence-electron chi connectivity index (χ1n) is 25.5. The third-order valence-electron chi connectivity index (χ3n) is 11.6. The first-order chi connectivity index (χ1) is 28.3. The minimum Gasteiger partial charge on any atom is -0.465 e. The summed E-state index contributed by atoms with van der Waals surface area (Å²) < 4.78 is 25.1. The standard InChI is InChI=1S/C50H103NO6S/c1-7-11-15-19-22-29-39-48(38-28-18-14-10-4)50(53)55-46-36-26-23-31-41-51(43-33-34-44-52)42-32-27-30-40-49(54-45-35-24-20-16-12-8-2)57-58(5,6)56-47-37-25-21-17-13-9-3/h48-49,52H,7-47H2,1-6H3. The van der Waals surface area contributed by atoms with Crippen molar-refractivity contribution in [1.29, 1.82) is 0 Å². The van der Waals surface area contributed by atoms with Crippen molar-refractivity contribution in [2.45, 2.75) is 252 Å². The first kappa shape index (κ1) is 57.6. The molecule has 0 aliphatic rings. The molecule has 58 heavy (non-hydrogen) atoms. The van der Waals surface area contributed by atoms with Gasteiger partial charge in [-0.05, 0) is 83.8 Å². The highest BCUT2D eigenvalue weighted by atomic mass is 32.3. The Morgan fingerprint density at radius 2 is 0.879 bits per heavy atom. The number of rotatable bonds is 48. The van der Waals surface area contributed by atoms with E-state index in [0.717, 1.165) is 116 Å². The number of ether oxygens (including phenoxy) is 2. The van der Waals surface area contributed by atoms with E-state index in [9.17, 15) is 9.90 Å². The monoisotopic (exact) mass is 846 g/mol. The van der Waals surface area contributed by atoms with Crippen molar-refractivity contribution in [2.75, 3.05) is 58.6 Å². The maximum Gasteiger partial charge on any atom is 0.308 e. The summed E-state index contributed by atoms with van der Waals surface area (Å²) in [4.78, 5) is 15.6. The normalized spacial score (nSPS) is 13.4. The molecule has 0 radical (unpaired) electrons. The van der Waals surface area contributed by atoms with Crippen LogP contribution in [0.25, 0.3) is 0 Å². The second-order valence-corrected chi connectivity index (χ2v) is 20.4. The summed E-state index contributed by atoms with van der Waals surface area (Å²) in [6, 6.07) is 0. The lowest BCUT2D eigenvalue weighted by atomic mass is 9.94. The zero-order valence-corrected chi connectivity index (χ0v) is 40.8. The zero-order valence-electron chi connectivity index (χ0n) is 40.0. The highest BCUT2D eigenvalue weighted by Crippen LogP contribution is 2.44. The van der Waals surface area contributed by atoms with Crippen LogP contribution in [0.15, 0.2) is 0 Å². The molecular formula is C50H103NO6S. The molecule has 0 bridgehead atoms. The Morgan fingerprint density at radius 1 is 0.483 bits per heavy atom. The largest absolute Gasteiger partial charge is 0.465 e. The lowest BCUT2D eigenvalue weighted by molar-refractivity contribution is -0.149. The smallest absolute Gasteiger partial charge is 0.308 e. The molecule has 0 aliphatic carbocycles. The van der Waals surface area contributed by atoms with Crippen LogP contribution in [-0.2, 0) is 22.6 Å². The van der Waals surface area contributed by atoms with E-state index < -0.39 is 10.6 Å². The maximum atomic E-state index is 13.0. The van der Waals surface area contributed by atoms with E-state index in [2.05, 4.69) is 45.1 Å². The Balaban J connectivity index is 4.68. The average molecular weight is 846 g/mol. The fraction of sp³-hybridized carbons (Fsp3) is 0.980. The molecule has 7 nitrogen and oxygen atoms in total. The van der Waals surface area contributed by atoms with Crippen molar-refractivity contribution in [1.82, 2.24) is 4.90 Å². The second-order valence-electron chi connectivity index (χ2n) is 17.7. The summed E-state index contributed by atoms with van der Waals surface area (Å²) in [7, 11) is -1.62. The zero-order chi connectivity index (χ0) is 42.6. The highest BCUT2D eigenvalue weighted by Gasteiger charge is 2.20. The van der Waals surface area contributed by atoms with Crippen LogP contribution in [0.2, 0.25) is 0 Å². The molecule has 0 aliphatic heterocycles. The van der Waals surface area contributed by atoms with Gasteiger partial charge in [-0.3, -0.25) is 13.2 Å². The number of carbonyl (C=O) groups excluding carboxylic acids is 1.